The number of ether oxygens (including phenoxy) is 1. The van der Waals surface area contributed by atoms with Crippen LogP contribution in [0.3, 0.4) is 0 Å². The number of ketones is 1. The van der Waals surface area contributed by atoms with Crippen LogP contribution in [0.4, 0.5) is 11.6 Å². The van der Waals surface area contributed by atoms with E-state index in [1.807, 2.05) is 55.5 Å². The summed E-state index contributed by atoms with van der Waals surface area (Å²) < 4.78 is 5.48. The standard InChI is InChI=1S/C22H21N3O2/c1-14-6-5-7-16(10-14)24-22-23-13-18-19(25-22)11-15(12-20(18)26)17-8-3-4-9-21(17)27-2/h3-10,13,15H,11-12H2,1-2H3,(H,23,24,25). The zero-order chi connectivity index (χ0) is 18.8. The maximum atomic E-state index is 12.6. The van der Waals surface area contributed by atoms with Gasteiger partial charge in [-0.3, -0.25) is 4.79 Å². The Kier molecular flexibility index (Phi) is 4.59. The van der Waals surface area contributed by atoms with E-state index in [9.17, 15) is 4.79 Å². The zero-order valence-electron chi connectivity index (χ0n) is 15.4. The molecule has 1 aromatic heterocycles. The fourth-order valence-electron chi connectivity index (χ4n) is 3.58. The van der Waals surface area contributed by atoms with Crippen LogP contribution in [0.2, 0.25) is 0 Å². The number of anilines is 2. The van der Waals surface area contributed by atoms with Gasteiger partial charge in [-0.1, -0.05) is 30.3 Å². The monoisotopic (exact) mass is 359 g/mol. The lowest BCUT2D eigenvalue weighted by molar-refractivity contribution is 0.0962. The molecule has 0 aliphatic heterocycles. The first-order valence-electron chi connectivity index (χ1n) is 9.00. The van der Waals surface area contributed by atoms with Crippen LogP contribution in [0.5, 0.6) is 5.75 Å². The molecule has 0 saturated carbocycles. The quantitative estimate of drug-likeness (QED) is 0.745. The van der Waals surface area contributed by atoms with Crippen molar-refractivity contribution in [1.29, 1.82) is 0 Å². The van der Waals surface area contributed by atoms with Gasteiger partial charge in [-0.15, -0.1) is 0 Å². The van der Waals surface area contributed by atoms with Crippen LogP contribution in [0.25, 0.3) is 0 Å². The van der Waals surface area contributed by atoms with Crippen LogP contribution < -0.4 is 10.1 Å². The summed E-state index contributed by atoms with van der Waals surface area (Å²) in [5, 5.41) is 3.23. The van der Waals surface area contributed by atoms with Crippen molar-refractivity contribution < 1.29 is 9.53 Å². The summed E-state index contributed by atoms with van der Waals surface area (Å²) in [4.78, 5) is 21.6. The molecular weight excluding hydrogens is 338 g/mol. The van der Waals surface area contributed by atoms with Crippen molar-refractivity contribution in [3.05, 3.63) is 77.1 Å². The summed E-state index contributed by atoms with van der Waals surface area (Å²) in [6.07, 6.45) is 2.77. The molecule has 1 N–H and O–H groups in total. The number of carbonyl (C=O) groups is 1. The second kappa shape index (κ2) is 7.19. The smallest absolute Gasteiger partial charge is 0.227 e. The van der Waals surface area contributed by atoms with Gasteiger partial charge in [0, 0.05) is 24.2 Å². The second-order valence-corrected chi connectivity index (χ2v) is 6.82. The zero-order valence-corrected chi connectivity index (χ0v) is 15.4. The Balaban J connectivity index is 1.64. The molecule has 27 heavy (non-hydrogen) atoms. The van der Waals surface area contributed by atoms with E-state index in [1.165, 1.54) is 0 Å². The number of hydrogen-bond acceptors (Lipinski definition) is 5. The molecule has 1 atom stereocenters. The first-order chi connectivity index (χ1) is 13.1. The summed E-state index contributed by atoms with van der Waals surface area (Å²) in [6, 6.07) is 15.9. The van der Waals surface area contributed by atoms with Gasteiger partial charge in [-0.25, -0.2) is 9.97 Å². The number of benzene rings is 2. The number of Topliss-reactive ketones (excluding diaryl/α,β-unsaturated/α-hetero) is 1. The molecule has 0 radical (unpaired) electrons. The van der Waals surface area contributed by atoms with Crippen LogP contribution in [0, 0.1) is 6.92 Å². The fraction of sp³-hybridized carbons (Fsp3) is 0.227. The normalized spacial score (nSPS) is 15.9. The van der Waals surface area contributed by atoms with Crippen molar-refractivity contribution in [3.8, 4) is 5.75 Å². The largest absolute Gasteiger partial charge is 0.496 e. The SMILES string of the molecule is COc1ccccc1C1CC(=O)c2cnc(Nc3cccc(C)c3)nc2C1. The molecule has 0 bridgehead atoms. The Labute approximate surface area is 158 Å². The lowest BCUT2D eigenvalue weighted by Crippen LogP contribution is -2.21. The van der Waals surface area contributed by atoms with E-state index in [0.29, 0.717) is 24.4 Å². The molecule has 136 valence electrons. The predicted octanol–water partition coefficient (Wildman–Crippen LogP) is 4.45. The number of fused-ring (bicyclic) bond motifs is 1. The first-order valence-corrected chi connectivity index (χ1v) is 9.00. The topological polar surface area (TPSA) is 64.1 Å². The molecule has 0 fully saturated rings. The number of nitrogens with one attached hydrogen (secondary N) is 1. The van der Waals surface area contributed by atoms with Crippen LogP contribution in [-0.2, 0) is 6.42 Å². The van der Waals surface area contributed by atoms with Crippen molar-refractivity contribution in [3.63, 3.8) is 0 Å². The Hall–Kier alpha value is -3.21. The van der Waals surface area contributed by atoms with E-state index >= 15 is 0 Å². The molecule has 0 spiro atoms. The molecule has 1 heterocycles. The number of para-hydroxylation sites is 1. The molecule has 0 amide bonds. The Morgan fingerprint density at radius 1 is 1.11 bits per heavy atom. The van der Waals surface area contributed by atoms with Crippen molar-refractivity contribution in [1.82, 2.24) is 9.97 Å². The fourth-order valence-corrected chi connectivity index (χ4v) is 3.58. The van der Waals surface area contributed by atoms with E-state index in [0.717, 1.165) is 28.3 Å². The van der Waals surface area contributed by atoms with Crippen molar-refractivity contribution in [2.75, 3.05) is 12.4 Å². The molecule has 3 aromatic rings. The Morgan fingerprint density at radius 2 is 1.96 bits per heavy atom. The molecule has 4 rings (SSSR count). The minimum absolute atomic E-state index is 0.0582. The number of nitrogens with zero attached hydrogens (tertiary/aromatic N) is 2. The number of hydrogen-bond donors (Lipinski definition) is 1. The second-order valence-electron chi connectivity index (χ2n) is 6.82. The molecule has 5 nitrogen and oxygen atoms in total. The Bertz CT molecular complexity index is 1000. The van der Waals surface area contributed by atoms with Crippen LogP contribution in [-0.4, -0.2) is 22.9 Å². The number of aromatic nitrogens is 2. The predicted molar refractivity (Wildman–Crippen MR) is 105 cm³/mol. The van der Waals surface area contributed by atoms with E-state index in [2.05, 4.69) is 15.3 Å². The van der Waals surface area contributed by atoms with Crippen molar-refractivity contribution in [2.24, 2.45) is 0 Å². The number of rotatable bonds is 4. The molecule has 1 unspecified atom stereocenters. The number of aryl methyl sites for hydroxylation is 1. The van der Waals surface area contributed by atoms with E-state index in [1.54, 1.807) is 13.3 Å². The molecular formula is C22H21N3O2. The highest BCUT2D eigenvalue weighted by Gasteiger charge is 2.29. The summed E-state index contributed by atoms with van der Waals surface area (Å²) in [7, 11) is 1.66. The molecule has 1 aliphatic carbocycles. The molecule has 2 aromatic carbocycles. The van der Waals surface area contributed by atoms with Crippen LogP contribution >= 0.6 is 0 Å². The summed E-state index contributed by atoms with van der Waals surface area (Å²) in [6.45, 7) is 2.04. The maximum absolute atomic E-state index is 12.6. The minimum Gasteiger partial charge on any atom is -0.496 e. The van der Waals surface area contributed by atoms with Crippen molar-refractivity contribution in [2.45, 2.75) is 25.7 Å². The summed E-state index contributed by atoms with van der Waals surface area (Å²) in [5.41, 5.74) is 4.54. The third kappa shape index (κ3) is 3.53. The first kappa shape index (κ1) is 17.2. The number of methoxy groups -OCH3 is 1. The Morgan fingerprint density at radius 3 is 2.78 bits per heavy atom. The van der Waals surface area contributed by atoms with E-state index in [-0.39, 0.29) is 11.7 Å². The third-order valence-corrected chi connectivity index (χ3v) is 4.89. The van der Waals surface area contributed by atoms with Gasteiger partial charge in [-0.05, 0) is 42.7 Å². The number of carbonyl (C=O) groups excluding carboxylic acids is 1. The highest BCUT2D eigenvalue weighted by atomic mass is 16.5. The lowest BCUT2D eigenvalue weighted by Gasteiger charge is -2.24. The van der Waals surface area contributed by atoms with Gasteiger partial charge >= 0.3 is 0 Å². The van der Waals surface area contributed by atoms with Crippen LogP contribution in [0.15, 0.2) is 54.7 Å². The van der Waals surface area contributed by atoms with Gasteiger partial charge in [0.25, 0.3) is 0 Å². The minimum atomic E-state index is 0.0582. The average molecular weight is 359 g/mol. The molecule has 0 saturated heterocycles. The van der Waals surface area contributed by atoms with Crippen molar-refractivity contribution >= 4 is 17.4 Å². The van der Waals surface area contributed by atoms with E-state index < -0.39 is 0 Å². The van der Waals surface area contributed by atoms with Gasteiger partial charge in [0.15, 0.2) is 5.78 Å². The van der Waals surface area contributed by atoms with Gasteiger partial charge in [0.2, 0.25) is 5.95 Å². The van der Waals surface area contributed by atoms with Gasteiger partial charge in [0.05, 0.1) is 18.4 Å². The summed E-state index contributed by atoms with van der Waals surface area (Å²) in [5.74, 6) is 1.45. The van der Waals surface area contributed by atoms with Gasteiger partial charge in [0.1, 0.15) is 5.75 Å². The lowest BCUT2D eigenvalue weighted by atomic mass is 9.82. The van der Waals surface area contributed by atoms with Gasteiger partial charge < -0.3 is 10.1 Å². The third-order valence-electron chi connectivity index (χ3n) is 4.89. The molecule has 1 aliphatic rings. The summed E-state index contributed by atoms with van der Waals surface area (Å²) >= 11 is 0. The highest BCUT2D eigenvalue weighted by Crippen LogP contribution is 2.36. The van der Waals surface area contributed by atoms with E-state index in [4.69, 9.17) is 4.74 Å². The highest BCUT2D eigenvalue weighted by molar-refractivity contribution is 5.98. The molecule has 5 heteroatoms. The maximum Gasteiger partial charge on any atom is 0.227 e. The van der Waals surface area contributed by atoms with Crippen LogP contribution in [0.1, 0.15) is 39.5 Å². The average Bonchev–Trinajstić information content (AvgIpc) is 2.67. The van der Waals surface area contributed by atoms with Gasteiger partial charge in [-0.2, -0.15) is 0 Å².